The SMILES string of the molecule is CCC(Oc1ccc(C=O)cc1)C(=O)NC(CC(C)C)C(=O)O. The molecule has 0 aliphatic heterocycles. The molecule has 0 spiro atoms. The lowest BCUT2D eigenvalue weighted by molar-refractivity contribution is -0.143. The standard InChI is InChI=1S/C17H23NO5/c1-4-15(23-13-7-5-12(10-19)6-8-13)16(20)18-14(17(21)22)9-11(2)3/h5-8,10-11,14-15H,4,9H2,1-3H3,(H,18,20)(H,21,22). The van der Waals surface area contributed by atoms with Crippen LogP contribution in [0.15, 0.2) is 24.3 Å². The molecule has 0 aliphatic rings. The van der Waals surface area contributed by atoms with Crippen LogP contribution in [-0.4, -0.2) is 35.4 Å². The van der Waals surface area contributed by atoms with Gasteiger partial charge in [0.05, 0.1) is 0 Å². The number of carbonyl (C=O) groups excluding carboxylic acids is 2. The van der Waals surface area contributed by atoms with Gasteiger partial charge in [-0.05, 0) is 43.0 Å². The number of carboxylic acids is 1. The molecule has 1 rings (SSSR count). The highest BCUT2D eigenvalue weighted by Crippen LogP contribution is 2.15. The van der Waals surface area contributed by atoms with Gasteiger partial charge in [-0.3, -0.25) is 9.59 Å². The molecule has 0 heterocycles. The summed E-state index contributed by atoms with van der Waals surface area (Å²) in [4.78, 5) is 34.1. The van der Waals surface area contributed by atoms with E-state index in [1.54, 1.807) is 31.2 Å². The van der Waals surface area contributed by atoms with Crippen LogP contribution in [-0.2, 0) is 9.59 Å². The van der Waals surface area contributed by atoms with Crippen LogP contribution in [0.3, 0.4) is 0 Å². The van der Waals surface area contributed by atoms with Gasteiger partial charge in [0.25, 0.3) is 5.91 Å². The van der Waals surface area contributed by atoms with Crippen molar-refractivity contribution in [3.05, 3.63) is 29.8 Å². The van der Waals surface area contributed by atoms with Crippen LogP contribution >= 0.6 is 0 Å². The smallest absolute Gasteiger partial charge is 0.326 e. The van der Waals surface area contributed by atoms with Crippen molar-refractivity contribution in [3.63, 3.8) is 0 Å². The molecule has 0 aromatic heterocycles. The summed E-state index contributed by atoms with van der Waals surface area (Å²) in [7, 11) is 0. The molecule has 2 N–H and O–H groups in total. The summed E-state index contributed by atoms with van der Waals surface area (Å²) in [5, 5.41) is 11.7. The van der Waals surface area contributed by atoms with Gasteiger partial charge in [-0.2, -0.15) is 0 Å². The fourth-order valence-corrected chi connectivity index (χ4v) is 2.07. The van der Waals surface area contributed by atoms with Gasteiger partial charge in [0, 0.05) is 5.56 Å². The zero-order valence-corrected chi connectivity index (χ0v) is 13.6. The first-order valence-corrected chi connectivity index (χ1v) is 7.62. The molecule has 0 aliphatic carbocycles. The lowest BCUT2D eigenvalue weighted by Gasteiger charge is -2.21. The number of benzene rings is 1. The molecule has 6 heteroatoms. The van der Waals surface area contributed by atoms with E-state index in [1.807, 2.05) is 13.8 Å². The highest BCUT2D eigenvalue weighted by Gasteiger charge is 2.26. The maximum atomic E-state index is 12.2. The van der Waals surface area contributed by atoms with Gasteiger partial charge >= 0.3 is 5.97 Å². The van der Waals surface area contributed by atoms with Crippen molar-refractivity contribution in [3.8, 4) is 5.75 Å². The molecular formula is C17H23NO5. The third-order valence-electron chi connectivity index (χ3n) is 3.28. The molecule has 6 nitrogen and oxygen atoms in total. The highest BCUT2D eigenvalue weighted by atomic mass is 16.5. The number of aldehydes is 1. The second-order valence-electron chi connectivity index (χ2n) is 5.73. The minimum absolute atomic E-state index is 0.147. The largest absolute Gasteiger partial charge is 0.481 e. The van der Waals surface area contributed by atoms with Gasteiger partial charge in [-0.25, -0.2) is 4.79 Å². The van der Waals surface area contributed by atoms with Crippen LogP contribution < -0.4 is 10.1 Å². The van der Waals surface area contributed by atoms with Crippen molar-refractivity contribution >= 4 is 18.2 Å². The normalized spacial score (nSPS) is 13.2. The third-order valence-corrected chi connectivity index (χ3v) is 3.28. The Morgan fingerprint density at radius 2 is 1.87 bits per heavy atom. The fourth-order valence-electron chi connectivity index (χ4n) is 2.07. The summed E-state index contributed by atoms with van der Waals surface area (Å²) in [6, 6.07) is 5.44. The van der Waals surface area contributed by atoms with Crippen LogP contribution in [0.2, 0.25) is 0 Å². The Kier molecular flexibility index (Phi) is 7.25. The fraction of sp³-hybridized carbons (Fsp3) is 0.471. The molecule has 1 aromatic carbocycles. The van der Waals surface area contributed by atoms with Crippen molar-refractivity contribution in [2.75, 3.05) is 0 Å². The lowest BCUT2D eigenvalue weighted by atomic mass is 10.0. The number of nitrogens with one attached hydrogen (secondary N) is 1. The Hall–Kier alpha value is -2.37. The number of ether oxygens (including phenoxy) is 1. The molecule has 23 heavy (non-hydrogen) atoms. The monoisotopic (exact) mass is 321 g/mol. The summed E-state index contributed by atoms with van der Waals surface area (Å²) < 4.78 is 5.59. The quantitative estimate of drug-likeness (QED) is 0.681. The molecule has 126 valence electrons. The van der Waals surface area contributed by atoms with E-state index in [0.29, 0.717) is 24.2 Å². The average Bonchev–Trinajstić information content (AvgIpc) is 2.51. The zero-order valence-electron chi connectivity index (χ0n) is 13.6. The highest BCUT2D eigenvalue weighted by molar-refractivity contribution is 5.86. The number of aliphatic carboxylic acids is 1. The van der Waals surface area contributed by atoms with Gasteiger partial charge in [-0.1, -0.05) is 20.8 Å². The van der Waals surface area contributed by atoms with Gasteiger partial charge < -0.3 is 15.2 Å². The van der Waals surface area contributed by atoms with E-state index in [0.717, 1.165) is 6.29 Å². The van der Waals surface area contributed by atoms with E-state index in [2.05, 4.69) is 5.32 Å². The first kappa shape index (κ1) is 18.7. The number of hydrogen-bond donors (Lipinski definition) is 2. The van der Waals surface area contributed by atoms with E-state index in [9.17, 15) is 19.5 Å². The first-order valence-electron chi connectivity index (χ1n) is 7.62. The minimum atomic E-state index is -1.06. The topological polar surface area (TPSA) is 92.7 Å². The Morgan fingerprint density at radius 1 is 1.26 bits per heavy atom. The van der Waals surface area contributed by atoms with Crippen molar-refractivity contribution in [2.24, 2.45) is 5.92 Å². The van der Waals surface area contributed by atoms with E-state index < -0.39 is 24.0 Å². The summed E-state index contributed by atoms with van der Waals surface area (Å²) in [6.45, 7) is 5.57. The maximum Gasteiger partial charge on any atom is 0.326 e. The summed E-state index contributed by atoms with van der Waals surface area (Å²) >= 11 is 0. The summed E-state index contributed by atoms with van der Waals surface area (Å²) in [5.41, 5.74) is 0.512. The molecule has 0 saturated heterocycles. The number of rotatable bonds is 9. The Morgan fingerprint density at radius 3 is 2.30 bits per heavy atom. The Bertz CT molecular complexity index is 538. The molecule has 0 saturated carbocycles. The summed E-state index contributed by atoms with van der Waals surface area (Å²) in [6.07, 6.45) is 0.684. The first-order chi connectivity index (χ1) is 10.9. The van der Waals surface area contributed by atoms with E-state index in [1.165, 1.54) is 0 Å². The van der Waals surface area contributed by atoms with Crippen molar-refractivity contribution in [2.45, 2.75) is 45.8 Å². The molecule has 2 atom stereocenters. The van der Waals surface area contributed by atoms with Gasteiger partial charge in [-0.15, -0.1) is 0 Å². The molecule has 0 bridgehead atoms. The molecule has 1 aromatic rings. The van der Waals surface area contributed by atoms with Gasteiger partial charge in [0.1, 0.15) is 18.1 Å². The number of carboxylic acid groups (broad SMARTS) is 1. The van der Waals surface area contributed by atoms with Gasteiger partial charge in [0.15, 0.2) is 6.10 Å². The number of amides is 1. The molecule has 0 fully saturated rings. The van der Waals surface area contributed by atoms with E-state index in [-0.39, 0.29) is 5.92 Å². The Balaban J connectivity index is 2.72. The van der Waals surface area contributed by atoms with Crippen LogP contribution in [0, 0.1) is 5.92 Å². The third kappa shape index (κ3) is 6.10. The predicted octanol–water partition coefficient (Wildman–Crippen LogP) is 2.27. The molecular weight excluding hydrogens is 298 g/mol. The van der Waals surface area contributed by atoms with Crippen molar-refractivity contribution in [1.29, 1.82) is 0 Å². The number of hydrogen-bond acceptors (Lipinski definition) is 4. The predicted molar refractivity (Wildman–Crippen MR) is 85.6 cm³/mol. The molecule has 2 unspecified atom stereocenters. The Labute approximate surface area is 135 Å². The average molecular weight is 321 g/mol. The number of carbonyl (C=O) groups is 3. The van der Waals surface area contributed by atoms with Crippen LogP contribution in [0.25, 0.3) is 0 Å². The maximum absolute atomic E-state index is 12.2. The molecule has 0 radical (unpaired) electrons. The van der Waals surface area contributed by atoms with Crippen LogP contribution in [0.5, 0.6) is 5.75 Å². The molecule has 1 amide bonds. The lowest BCUT2D eigenvalue weighted by Crippen LogP contribution is -2.47. The van der Waals surface area contributed by atoms with Crippen LogP contribution in [0.4, 0.5) is 0 Å². The van der Waals surface area contributed by atoms with E-state index in [4.69, 9.17) is 4.74 Å². The van der Waals surface area contributed by atoms with Crippen molar-refractivity contribution in [1.82, 2.24) is 5.32 Å². The zero-order chi connectivity index (χ0) is 17.4. The summed E-state index contributed by atoms with van der Waals surface area (Å²) in [5.74, 6) is -0.918. The second kappa shape index (κ2) is 8.92. The van der Waals surface area contributed by atoms with Gasteiger partial charge in [0.2, 0.25) is 0 Å². The van der Waals surface area contributed by atoms with Crippen LogP contribution in [0.1, 0.15) is 44.0 Å². The van der Waals surface area contributed by atoms with Crippen molar-refractivity contribution < 1.29 is 24.2 Å². The second-order valence-corrected chi connectivity index (χ2v) is 5.73. The minimum Gasteiger partial charge on any atom is -0.481 e. The van der Waals surface area contributed by atoms with E-state index >= 15 is 0 Å².